The number of hydrogen-bond acceptors (Lipinski definition) is 7. The van der Waals surface area contributed by atoms with Crippen LogP contribution in [0.2, 0.25) is 0 Å². The summed E-state index contributed by atoms with van der Waals surface area (Å²) in [5.74, 6) is 0.260. The maximum Gasteiger partial charge on any atom is 0.275 e. The van der Waals surface area contributed by atoms with Crippen molar-refractivity contribution >= 4 is 34.7 Å². The quantitative estimate of drug-likeness (QED) is 0.306. The number of aromatic nitrogens is 5. The fourth-order valence-corrected chi connectivity index (χ4v) is 4.96. The van der Waals surface area contributed by atoms with Crippen LogP contribution in [0.15, 0.2) is 89.7 Å². The average Bonchev–Trinajstić information content (AvgIpc) is 3.53. The number of benzene rings is 2. The molecule has 5 aromatic rings. The number of thiazole rings is 1. The number of carbonyl (C=O) groups is 1. The molecule has 0 unspecified atom stereocenters. The standard InChI is InChI=1S/C24H17FN6OS2/c25-18-8-4-5-9-19(18)28-23(32)20-14-33-21(27-20)15-34-24-30-29-22(16-10-12-26-13-11-16)31(24)17-6-2-1-3-7-17/h1-14H,15H2,(H,28,32). The fourth-order valence-electron chi connectivity index (χ4n) is 3.22. The minimum absolute atomic E-state index is 0.121. The van der Waals surface area contributed by atoms with Gasteiger partial charge in [-0.25, -0.2) is 9.37 Å². The first-order valence-electron chi connectivity index (χ1n) is 10.2. The van der Waals surface area contributed by atoms with Crippen molar-refractivity contribution in [2.75, 3.05) is 5.32 Å². The summed E-state index contributed by atoms with van der Waals surface area (Å²) < 4.78 is 15.8. The van der Waals surface area contributed by atoms with Gasteiger partial charge in [-0.3, -0.25) is 14.3 Å². The number of para-hydroxylation sites is 2. The first-order valence-corrected chi connectivity index (χ1v) is 12.1. The number of carbonyl (C=O) groups excluding carboxylic acids is 1. The van der Waals surface area contributed by atoms with Gasteiger partial charge in [0, 0.05) is 29.0 Å². The summed E-state index contributed by atoms with van der Waals surface area (Å²) >= 11 is 2.84. The number of rotatable bonds is 7. The lowest BCUT2D eigenvalue weighted by atomic mass is 10.2. The minimum atomic E-state index is -0.493. The van der Waals surface area contributed by atoms with E-state index in [4.69, 9.17) is 0 Å². The molecule has 0 saturated heterocycles. The van der Waals surface area contributed by atoms with Crippen molar-refractivity contribution in [1.29, 1.82) is 0 Å². The third kappa shape index (κ3) is 4.73. The first-order chi connectivity index (χ1) is 16.7. The average molecular weight is 489 g/mol. The highest BCUT2D eigenvalue weighted by Crippen LogP contribution is 2.30. The summed E-state index contributed by atoms with van der Waals surface area (Å²) in [7, 11) is 0. The van der Waals surface area contributed by atoms with E-state index in [9.17, 15) is 9.18 Å². The number of nitrogens with one attached hydrogen (secondary N) is 1. The lowest BCUT2D eigenvalue weighted by Crippen LogP contribution is -2.13. The molecule has 34 heavy (non-hydrogen) atoms. The number of anilines is 1. The number of pyridine rings is 1. The van der Waals surface area contributed by atoms with Gasteiger partial charge in [-0.15, -0.1) is 21.5 Å². The molecule has 7 nitrogen and oxygen atoms in total. The second-order valence-corrected chi connectivity index (χ2v) is 8.95. The van der Waals surface area contributed by atoms with Crippen LogP contribution in [0.3, 0.4) is 0 Å². The second-order valence-electron chi connectivity index (χ2n) is 7.06. The van der Waals surface area contributed by atoms with Crippen molar-refractivity contribution < 1.29 is 9.18 Å². The predicted octanol–water partition coefficient (Wildman–Crippen LogP) is 5.47. The SMILES string of the molecule is O=C(Nc1ccccc1F)c1csc(CSc2nnc(-c3ccncc3)n2-c2ccccc2)n1. The van der Waals surface area contributed by atoms with Crippen LogP contribution in [-0.4, -0.2) is 30.6 Å². The van der Waals surface area contributed by atoms with E-state index in [0.29, 0.717) is 16.7 Å². The number of thioether (sulfide) groups is 1. The molecule has 168 valence electrons. The van der Waals surface area contributed by atoms with E-state index in [1.54, 1.807) is 29.9 Å². The van der Waals surface area contributed by atoms with E-state index in [1.807, 2.05) is 47.0 Å². The summed E-state index contributed by atoms with van der Waals surface area (Å²) in [6.07, 6.45) is 3.44. The number of hydrogen-bond donors (Lipinski definition) is 1. The molecule has 1 N–H and O–H groups in total. The van der Waals surface area contributed by atoms with Crippen molar-refractivity contribution in [3.63, 3.8) is 0 Å². The van der Waals surface area contributed by atoms with E-state index >= 15 is 0 Å². The van der Waals surface area contributed by atoms with Gasteiger partial charge >= 0.3 is 0 Å². The molecule has 3 aromatic heterocycles. The molecule has 0 aliphatic rings. The van der Waals surface area contributed by atoms with Crippen LogP contribution in [-0.2, 0) is 5.75 Å². The number of nitrogens with zero attached hydrogens (tertiary/aromatic N) is 5. The maximum absolute atomic E-state index is 13.8. The Morgan fingerprint density at radius 3 is 2.56 bits per heavy atom. The molecule has 0 atom stereocenters. The molecule has 1 amide bonds. The third-order valence-corrected chi connectivity index (χ3v) is 6.79. The third-order valence-electron chi connectivity index (χ3n) is 4.82. The Bertz CT molecular complexity index is 1420. The molecule has 5 rings (SSSR count). The first kappa shape index (κ1) is 21.9. The molecule has 2 aromatic carbocycles. The van der Waals surface area contributed by atoms with Crippen LogP contribution >= 0.6 is 23.1 Å². The van der Waals surface area contributed by atoms with Gasteiger partial charge in [0.1, 0.15) is 16.5 Å². The summed E-state index contributed by atoms with van der Waals surface area (Å²) in [5, 5.41) is 14.5. The molecule has 0 saturated carbocycles. The van der Waals surface area contributed by atoms with E-state index in [0.717, 1.165) is 16.3 Å². The molecule has 0 fully saturated rings. The second kappa shape index (κ2) is 9.94. The van der Waals surface area contributed by atoms with Crippen molar-refractivity contribution in [1.82, 2.24) is 24.7 Å². The lowest BCUT2D eigenvalue weighted by molar-refractivity contribution is 0.102. The summed E-state index contributed by atoms with van der Waals surface area (Å²) in [6, 6.07) is 19.7. The van der Waals surface area contributed by atoms with Crippen LogP contribution in [0.4, 0.5) is 10.1 Å². The fraction of sp³-hybridized carbons (Fsp3) is 0.0417. The van der Waals surface area contributed by atoms with Gasteiger partial charge in [0.15, 0.2) is 11.0 Å². The highest BCUT2D eigenvalue weighted by molar-refractivity contribution is 7.98. The van der Waals surface area contributed by atoms with E-state index < -0.39 is 11.7 Å². The van der Waals surface area contributed by atoms with Crippen LogP contribution in [0, 0.1) is 5.82 Å². The Kier molecular flexibility index (Phi) is 6.41. The maximum atomic E-state index is 13.8. The van der Waals surface area contributed by atoms with Gasteiger partial charge in [-0.1, -0.05) is 42.1 Å². The Morgan fingerprint density at radius 1 is 1.00 bits per heavy atom. The van der Waals surface area contributed by atoms with Gasteiger partial charge in [0.05, 0.1) is 11.4 Å². The predicted molar refractivity (Wildman–Crippen MR) is 131 cm³/mol. The summed E-state index contributed by atoms with van der Waals surface area (Å²) in [5.41, 5.74) is 2.20. The Morgan fingerprint density at radius 2 is 1.76 bits per heavy atom. The van der Waals surface area contributed by atoms with Crippen molar-refractivity contribution in [3.8, 4) is 17.1 Å². The molecule has 3 heterocycles. The smallest absolute Gasteiger partial charge is 0.275 e. The van der Waals surface area contributed by atoms with Gasteiger partial charge in [0.25, 0.3) is 5.91 Å². The molecule has 0 aliphatic carbocycles. The van der Waals surface area contributed by atoms with Crippen LogP contribution in [0.1, 0.15) is 15.5 Å². The Balaban J connectivity index is 1.35. The largest absolute Gasteiger partial charge is 0.318 e. The molecule has 0 aliphatic heterocycles. The zero-order chi connectivity index (χ0) is 23.3. The molecular weight excluding hydrogens is 471 g/mol. The molecule has 0 bridgehead atoms. The van der Waals surface area contributed by atoms with E-state index in [2.05, 4.69) is 25.5 Å². The van der Waals surface area contributed by atoms with Gasteiger partial charge < -0.3 is 5.32 Å². The van der Waals surface area contributed by atoms with Gasteiger partial charge in [-0.05, 0) is 36.4 Å². The molecule has 0 spiro atoms. The Hall–Kier alpha value is -3.89. The Labute approximate surface area is 202 Å². The van der Waals surface area contributed by atoms with Crippen LogP contribution < -0.4 is 5.32 Å². The van der Waals surface area contributed by atoms with Crippen molar-refractivity contribution in [2.24, 2.45) is 0 Å². The van der Waals surface area contributed by atoms with Crippen molar-refractivity contribution in [2.45, 2.75) is 10.9 Å². The summed E-state index contributed by atoms with van der Waals surface area (Å²) in [4.78, 5) is 21.0. The highest BCUT2D eigenvalue weighted by atomic mass is 32.2. The van der Waals surface area contributed by atoms with E-state index in [-0.39, 0.29) is 11.4 Å². The minimum Gasteiger partial charge on any atom is -0.318 e. The summed E-state index contributed by atoms with van der Waals surface area (Å²) in [6.45, 7) is 0. The molecule has 0 radical (unpaired) electrons. The number of amides is 1. The molecular formula is C24H17FN6OS2. The zero-order valence-corrected chi connectivity index (χ0v) is 19.3. The van der Waals surface area contributed by atoms with Gasteiger partial charge in [-0.2, -0.15) is 0 Å². The zero-order valence-electron chi connectivity index (χ0n) is 17.6. The van der Waals surface area contributed by atoms with Crippen LogP contribution in [0.25, 0.3) is 17.1 Å². The number of halogens is 1. The van der Waals surface area contributed by atoms with E-state index in [1.165, 1.54) is 35.2 Å². The molecule has 10 heteroatoms. The normalized spacial score (nSPS) is 10.9. The lowest BCUT2D eigenvalue weighted by Gasteiger charge is -2.09. The van der Waals surface area contributed by atoms with Gasteiger partial charge in [0.2, 0.25) is 0 Å². The highest BCUT2D eigenvalue weighted by Gasteiger charge is 2.18. The van der Waals surface area contributed by atoms with Crippen molar-refractivity contribution in [3.05, 3.63) is 101 Å². The topological polar surface area (TPSA) is 85.6 Å². The van der Waals surface area contributed by atoms with Crippen LogP contribution in [0.5, 0.6) is 0 Å². The monoisotopic (exact) mass is 488 g/mol.